The van der Waals surface area contributed by atoms with Crippen molar-refractivity contribution in [1.82, 2.24) is 54.6 Å². The van der Waals surface area contributed by atoms with Gasteiger partial charge in [-0.2, -0.15) is 25.2 Å². The maximum absolute atomic E-state index is 12.7. The molecule has 0 unspecified atom stereocenters. The number of piperidine rings is 1. The molecule has 8 N–H and O–H groups in total. The monoisotopic (exact) mass is 2000 g/mol. The van der Waals surface area contributed by atoms with Crippen LogP contribution in [0.15, 0.2) is 189 Å². The summed E-state index contributed by atoms with van der Waals surface area (Å²) in [5, 5.41) is 39.7. The summed E-state index contributed by atoms with van der Waals surface area (Å²) < 4.78 is 73.6. The molecule has 30 nitrogen and oxygen atoms in total. The zero-order valence-corrected chi connectivity index (χ0v) is 85.8. The van der Waals surface area contributed by atoms with Crippen LogP contribution in [0.3, 0.4) is 0 Å². The highest BCUT2D eigenvalue weighted by atomic mass is 35.5. The van der Waals surface area contributed by atoms with E-state index in [0.29, 0.717) is 129 Å². The molecule has 39 heteroatoms. The summed E-state index contributed by atoms with van der Waals surface area (Å²) in [7, 11) is -2.78. The summed E-state index contributed by atoms with van der Waals surface area (Å²) >= 11 is 31.3. The number of hydrogen-bond acceptors (Lipinski definition) is 30. The van der Waals surface area contributed by atoms with E-state index < -0.39 is 28.6 Å². The number of rotatable bonds is 29. The van der Waals surface area contributed by atoms with Gasteiger partial charge in [0.1, 0.15) is 83.8 Å². The number of hydrogen-bond donors (Lipinski definition) is 8. The number of piperazine rings is 2. The average molecular weight is 2010 g/mol. The van der Waals surface area contributed by atoms with E-state index in [9.17, 15) is 23.5 Å². The molecule has 12 aromatic rings. The number of anilines is 18. The molecule has 8 aromatic carbocycles. The third-order valence-corrected chi connectivity index (χ3v) is 30.0. The molecule has 0 saturated carbocycles. The van der Waals surface area contributed by atoms with Gasteiger partial charge in [-0.1, -0.05) is 101 Å². The molecule has 15 rings (SSSR count). The number of likely N-dealkylation sites (N-methyl/N-ethyl adjacent to an activating group) is 1. The molecule has 0 atom stereocenters. The van der Waals surface area contributed by atoms with Gasteiger partial charge in [-0.25, -0.2) is 19.9 Å². The van der Waals surface area contributed by atoms with Gasteiger partial charge < -0.3 is 99.3 Å². The third kappa shape index (κ3) is 28.6. The first-order valence-electron chi connectivity index (χ1n) is 43.8. The lowest BCUT2D eigenvalue weighted by molar-refractivity contribution is 0.114. The molecule has 3 saturated heterocycles. The second-order valence-electron chi connectivity index (χ2n) is 34.1. The summed E-state index contributed by atoms with van der Waals surface area (Å²) in [6.45, 7) is 33.8. The number of halogens is 5. The fraction of sp³-hybridized carbons (Fsp3) is 0.323. The molecular weight excluding hydrogens is 1890 g/mol. The highest BCUT2D eigenvalue weighted by molar-refractivity contribution is 7.71. The van der Waals surface area contributed by atoms with Crippen LogP contribution in [-0.2, 0) is 18.3 Å². The predicted octanol–water partition coefficient (Wildman–Crippen LogP) is 21.5. The Kier molecular flexibility index (Phi) is 35.6. The summed E-state index contributed by atoms with van der Waals surface area (Å²) in [6.07, 6.45) is 8.26. The Morgan fingerprint density at radius 1 is 0.422 bits per heavy atom. The lowest BCUT2D eigenvalue weighted by Crippen LogP contribution is -2.48. The van der Waals surface area contributed by atoms with Crippen LogP contribution < -0.4 is 92.5 Å². The van der Waals surface area contributed by atoms with Crippen molar-refractivity contribution in [1.29, 1.82) is 5.26 Å². The van der Waals surface area contributed by atoms with E-state index in [2.05, 4.69) is 153 Å². The maximum Gasteiger partial charge on any atom is 0.229 e. The third-order valence-electron chi connectivity index (χ3n) is 22.5. The predicted molar refractivity (Wildman–Crippen MR) is 561 cm³/mol. The first-order valence-corrected chi connectivity index (χ1v) is 56.0. The molecule has 0 spiro atoms. The van der Waals surface area contributed by atoms with Crippen LogP contribution in [0.5, 0.6) is 23.0 Å². The summed E-state index contributed by atoms with van der Waals surface area (Å²) in [6, 6.07) is 53.4. The molecule has 3 aliphatic rings. The van der Waals surface area contributed by atoms with Gasteiger partial charge in [0, 0.05) is 133 Å². The Bertz CT molecular complexity index is 6400. The molecule has 3 aliphatic heterocycles. The standard InChI is InChI=1S/C26H34ClN6O2P.C25H32ClN6O2P.C25H31ClN5O3P.C20H18Cl2N5OP/c1-18(2)32-12-14-33(15-13-32)19-10-11-21(23(16-19)35-3)30-26-28-17-20(27)25(31-26)29-22-8-6-7-9-24(22)36(4,5)34;1-5-31-12-14-32(15-13-31)18-10-11-20(22(16-18)34-2)29-25-27-17-19(26)24(30-25)28-21-8-6-7-9-23(21)35(3,4)33;1-31-13-11-17(12-14-31)34-18-9-10-20(22(15-18)33-2)29-25-27-16-19(26)24(30-25)28-21-7-5-6-8-23(21)35(3,4)32;1-12-8-15(29(2,3)28)5-7-17(12)26-20-24-11-16(22)19(27-20)25-18-6-4-14(21)9-13(18)10-23/h6-11,16-18H,12-15H2,1-5H3,(H2,28,29,30,31);6-11,16-17H,5,12-15H2,1-4H3,(H2,27,28,29,30);5-10,15-17H,11-14H2,1-4H3,(H2,27,28,29,30);4-9,11H,1-3H3,(H2,24,25,26,27). The molecule has 0 bridgehead atoms. The molecule has 3 fully saturated rings. The number of nitrogens with zero attached hydrogens (tertiary/aromatic N) is 14. The van der Waals surface area contributed by atoms with Gasteiger partial charge in [0.25, 0.3) is 0 Å². The zero-order valence-electron chi connectivity index (χ0n) is 78.5. The van der Waals surface area contributed by atoms with Crippen molar-refractivity contribution in [2.75, 3.05) is 206 Å². The largest absolute Gasteiger partial charge is 0.494 e. The van der Waals surface area contributed by atoms with Crippen molar-refractivity contribution in [3.8, 4) is 29.1 Å². The van der Waals surface area contributed by atoms with Crippen LogP contribution in [0.25, 0.3) is 0 Å². The van der Waals surface area contributed by atoms with Gasteiger partial charge in [0.2, 0.25) is 23.8 Å². The quantitative estimate of drug-likeness (QED) is 0.0202. The number of nitriles is 1. The molecule has 0 amide bonds. The van der Waals surface area contributed by atoms with Crippen molar-refractivity contribution in [2.24, 2.45) is 0 Å². The molecule has 7 heterocycles. The van der Waals surface area contributed by atoms with Crippen LogP contribution in [0.1, 0.15) is 44.7 Å². The normalized spacial score (nSPS) is 14.0. The van der Waals surface area contributed by atoms with Gasteiger partial charge in [0.15, 0.2) is 23.3 Å². The molecule has 4 aromatic heterocycles. The van der Waals surface area contributed by atoms with Gasteiger partial charge in [-0.05, 0) is 215 Å². The fourth-order valence-electron chi connectivity index (χ4n) is 15.0. The van der Waals surface area contributed by atoms with E-state index in [1.165, 1.54) is 24.8 Å². The summed E-state index contributed by atoms with van der Waals surface area (Å²) in [5.74, 6) is 5.81. The number of para-hydroxylation sites is 3. The van der Waals surface area contributed by atoms with E-state index in [-0.39, 0.29) is 6.10 Å². The van der Waals surface area contributed by atoms with Gasteiger partial charge in [-0.15, -0.1) is 0 Å². The fourth-order valence-corrected chi connectivity index (χ4v) is 20.1. The summed E-state index contributed by atoms with van der Waals surface area (Å²) in [4.78, 5) is 47.3. The van der Waals surface area contributed by atoms with Crippen molar-refractivity contribution in [3.05, 3.63) is 225 Å². The topological polar surface area (TPSA) is 345 Å². The number of benzene rings is 8. The minimum atomic E-state index is -2.50. The van der Waals surface area contributed by atoms with Crippen LogP contribution in [0, 0.1) is 18.3 Å². The number of methoxy groups -OCH3 is 3. The Morgan fingerprint density at radius 3 is 1.16 bits per heavy atom. The van der Waals surface area contributed by atoms with E-state index in [0.717, 1.165) is 146 Å². The number of aromatic nitrogens is 8. The van der Waals surface area contributed by atoms with Gasteiger partial charge >= 0.3 is 0 Å². The number of aryl methyl sites for hydroxylation is 1. The lowest BCUT2D eigenvalue weighted by atomic mass is 10.1. The van der Waals surface area contributed by atoms with Gasteiger partial charge in [-0.3, -0.25) is 4.90 Å². The second kappa shape index (κ2) is 46.7. The number of nitrogens with one attached hydrogen (secondary N) is 8. The van der Waals surface area contributed by atoms with Crippen LogP contribution in [0.2, 0.25) is 25.1 Å². The first-order chi connectivity index (χ1) is 64.3. The second-order valence-corrected chi connectivity index (χ2v) is 48.9. The highest BCUT2D eigenvalue weighted by Crippen LogP contribution is 2.45. The Hall–Kier alpha value is -11.0. The molecule has 712 valence electrons. The van der Waals surface area contributed by atoms with Crippen LogP contribution >= 0.6 is 86.6 Å². The van der Waals surface area contributed by atoms with Crippen molar-refractivity contribution >= 4 is 212 Å². The molecular formula is C96H115Cl5N22O8P4. The van der Waals surface area contributed by atoms with Crippen LogP contribution in [-0.4, -0.2) is 220 Å². The van der Waals surface area contributed by atoms with E-state index in [4.69, 9.17) is 77.0 Å². The minimum absolute atomic E-state index is 0.201. The Morgan fingerprint density at radius 2 is 0.785 bits per heavy atom. The average Bonchev–Trinajstić information content (AvgIpc) is 0.819. The maximum atomic E-state index is 12.7. The van der Waals surface area contributed by atoms with Gasteiger partial charge in [0.05, 0.1) is 91.5 Å². The first kappa shape index (κ1) is 103. The lowest BCUT2D eigenvalue weighted by Gasteiger charge is -2.38. The number of likely N-dealkylation sites (tertiary alicyclic amines) is 1. The Balaban J connectivity index is 0.000000162. The summed E-state index contributed by atoms with van der Waals surface area (Å²) in [5.41, 5.74) is 9.18. The van der Waals surface area contributed by atoms with E-state index in [1.807, 2.05) is 140 Å². The SMILES string of the molecule is CCN1CCN(c2ccc(Nc3ncc(Cl)c(Nc4ccccc4P(C)(C)=O)n3)c(OC)c2)CC1.COc1cc(N2CCN(C(C)C)CC2)ccc1Nc1ncc(Cl)c(Nc2ccccc2P(C)(C)=O)n1.COc1cc(OC2CCN(C)CC2)ccc1Nc1ncc(Cl)c(Nc2ccccc2P(C)(C)=O)n1.Cc1cc(P(C)(C)=O)ccc1Nc1ncc(Cl)c(Nc2ccc(Cl)cc2C#N)n1. The molecule has 0 radical (unpaired) electrons. The highest BCUT2D eigenvalue weighted by Gasteiger charge is 2.27. The van der Waals surface area contributed by atoms with E-state index >= 15 is 0 Å². The smallest absolute Gasteiger partial charge is 0.229 e. The van der Waals surface area contributed by atoms with Crippen molar-refractivity contribution < 1.29 is 37.2 Å². The Labute approximate surface area is 815 Å². The van der Waals surface area contributed by atoms with Crippen molar-refractivity contribution in [3.63, 3.8) is 0 Å². The minimum Gasteiger partial charge on any atom is -0.494 e. The zero-order chi connectivity index (χ0) is 97.1. The van der Waals surface area contributed by atoms with E-state index in [1.54, 1.807) is 92.8 Å². The number of ether oxygens (including phenoxy) is 4. The van der Waals surface area contributed by atoms with Crippen molar-refractivity contribution in [2.45, 2.75) is 52.7 Å². The molecule has 135 heavy (non-hydrogen) atoms. The van der Waals surface area contributed by atoms with Crippen LogP contribution in [0.4, 0.5) is 104 Å². The molecule has 0 aliphatic carbocycles.